The van der Waals surface area contributed by atoms with Crippen molar-refractivity contribution in [2.75, 3.05) is 6.61 Å². The molecule has 0 aliphatic heterocycles. The summed E-state index contributed by atoms with van der Waals surface area (Å²) in [5.41, 5.74) is -0.194. The zero-order valence-corrected chi connectivity index (χ0v) is 7.88. The number of hydrogen-bond donors (Lipinski definition) is 1. The Hall–Kier alpha value is -0.353. The number of carboxylic acids is 1. The van der Waals surface area contributed by atoms with Gasteiger partial charge in [0.1, 0.15) is 0 Å². The van der Waals surface area contributed by atoms with Crippen LogP contribution >= 0.6 is 0 Å². The van der Waals surface area contributed by atoms with Crippen molar-refractivity contribution < 1.29 is 14.3 Å². The molecule has 0 fully saturated rings. The Kier molecular flexibility index (Phi) is 5.24. The third-order valence-electron chi connectivity index (χ3n) is 1.37. The van der Waals surface area contributed by atoms with Gasteiger partial charge in [-0.2, -0.15) is 0 Å². The van der Waals surface area contributed by atoms with Crippen molar-refractivity contribution in [2.45, 2.75) is 25.8 Å². The second-order valence-electron chi connectivity index (χ2n) is 2.10. The second-order valence-corrected chi connectivity index (χ2v) is 3.83. The molecule has 3 nitrogen and oxygen atoms in total. The number of aliphatic carboxylic acids is 1. The summed E-state index contributed by atoms with van der Waals surface area (Å²) in [6.45, 7) is 4.42. The van der Waals surface area contributed by atoms with Crippen LogP contribution in [0.5, 0.6) is 0 Å². The van der Waals surface area contributed by atoms with E-state index in [4.69, 9.17) is 9.53 Å². The van der Waals surface area contributed by atoms with Gasteiger partial charge in [0.25, 0.3) is 0 Å². The summed E-state index contributed by atoms with van der Waals surface area (Å²) in [4.78, 5) is 10.4. The summed E-state index contributed by atoms with van der Waals surface area (Å²) in [6, 6.07) is 0. The van der Waals surface area contributed by atoms with Gasteiger partial charge in [0.2, 0.25) is 0 Å². The Bertz CT molecular complexity index is 105. The van der Waals surface area contributed by atoms with E-state index in [2.05, 4.69) is 0 Å². The maximum Gasteiger partial charge on any atom is 0.305 e. The third-order valence-corrected chi connectivity index (χ3v) is 3.34. The minimum Gasteiger partial charge on any atom is -0.481 e. The molecule has 60 valence electrons. The maximum absolute atomic E-state index is 10.4. The summed E-state index contributed by atoms with van der Waals surface area (Å²) in [6.07, 6.45) is 0.696. The van der Waals surface area contributed by atoms with E-state index in [0.29, 0.717) is 13.0 Å². The molecule has 0 amide bonds. The summed E-state index contributed by atoms with van der Waals surface area (Å²) in [5, 5.41) is 8.55. The fourth-order valence-corrected chi connectivity index (χ4v) is 1.52. The maximum atomic E-state index is 10.4. The molecule has 0 radical (unpaired) electrons. The lowest BCUT2D eigenvalue weighted by atomic mass is 10.3. The average Bonchev–Trinajstić information content (AvgIpc) is 1.89. The lowest BCUT2D eigenvalue weighted by molar-refractivity contribution is -0.137. The van der Waals surface area contributed by atoms with Crippen LogP contribution in [0.25, 0.3) is 0 Å². The third kappa shape index (κ3) is 3.63. The summed E-state index contributed by atoms with van der Waals surface area (Å²) in [7, 11) is -0.822. The Morgan fingerprint density at radius 2 is 2.30 bits per heavy atom. The molecule has 0 saturated carbocycles. The van der Waals surface area contributed by atoms with Crippen molar-refractivity contribution in [3.8, 4) is 0 Å². The second kappa shape index (κ2) is 5.43. The topological polar surface area (TPSA) is 46.5 Å². The molecule has 0 aromatic heterocycles. The average molecular weight is 162 g/mol. The van der Waals surface area contributed by atoms with E-state index in [1.54, 1.807) is 0 Å². The monoisotopic (exact) mass is 162 g/mol. The van der Waals surface area contributed by atoms with Crippen LogP contribution in [0.15, 0.2) is 0 Å². The van der Waals surface area contributed by atoms with Crippen LogP contribution in [0.2, 0.25) is 5.54 Å². The lowest BCUT2D eigenvalue weighted by Gasteiger charge is -2.06. The fourth-order valence-electron chi connectivity index (χ4n) is 0.624. The number of carbonyl (C=O) groups is 1. The van der Waals surface area contributed by atoms with Crippen LogP contribution < -0.4 is 0 Å². The first-order valence-electron chi connectivity index (χ1n) is 3.52. The predicted molar refractivity (Wildman–Crippen MR) is 41.8 cm³/mol. The largest absolute Gasteiger partial charge is 0.481 e. The van der Waals surface area contributed by atoms with Gasteiger partial charge < -0.3 is 9.53 Å². The molecule has 0 rings (SSSR count). The molecule has 1 atom stereocenters. The van der Waals surface area contributed by atoms with Crippen molar-refractivity contribution in [1.82, 2.24) is 0 Å². The molecule has 0 aromatic carbocycles. The highest BCUT2D eigenvalue weighted by Gasteiger charge is 2.14. The van der Waals surface area contributed by atoms with Gasteiger partial charge in [-0.15, -0.1) is 0 Å². The quantitative estimate of drug-likeness (QED) is 0.595. The number of hydrogen-bond acceptors (Lipinski definition) is 2. The number of rotatable bonds is 5. The Labute approximate surface area is 63.3 Å². The van der Waals surface area contributed by atoms with Gasteiger partial charge >= 0.3 is 5.97 Å². The van der Waals surface area contributed by atoms with Crippen LogP contribution in [0, 0.1) is 0 Å². The molecule has 10 heavy (non-hydrogen) atoms. The normalized spacial score (nSPS) is 14.2. The first kappa shape index (κ1) is 9.65. The molecule has 1 unspecified atom stereocenters. The highest BCUT2D eigenvalue weighted by atomic mass is 28.2. The Morgan fingerprint density at radius 3 is 2.60 bits per heavy atom. The highest BCUT2D eigenvalue weighted by Crippen LogP contribution is 2.07. The van der Waals surface area contributed by atoms with Crippen LogP contribution in [0.1, 0.15) is 20.3 Å². The smallest absolute Gasteiger partial charge is 0.305 e. The predicted octanol–water partition coefficient (Wildman–Crippen LogP) is 0.390. The van der Waals surface area contributed by atoms with Crippen LogP contribution in [-0.4, -0.2) is 27.4 Å². The van der Waals surface area contributed by atoms with Crippen molar-refractivity contribution in [2.24, 2.45) is 0 Å². The zero-order valence-electron chi connectivity index (χ0n) is 6.46. The molecule has 0 spiro atoms. The van der Waals surface area contributed by atoms with Crippen LogP contribution in [0.4, 0.5) is 0 Å². The van der Waals surface area contributed by atoms with Gasteiger partial charge in [0.05, 0.1) is 5.54 Å². The summed E-state index contributed by atoms with van der Waals surface area (Å²) in [5.74, 6) is -0.706. The SMILES string of the molecule is CCO[SiH2]C(CC)C(=O)O. The first-order chi connectivity index (χ1) is 4.72. The van der Waals surface area contributed by atoms with Crippen molar-refractivity contribution in [3.05, 3.63) is 0 Å². The van der Waals surface area contributed by atoms with Crippen LogP contribution in [-0.2, 0) is 9.22 Å². The Morgan fingerprint density at radius 1 is 1.70 bits per heavy atom. The van der Waals surface area contributed by atoms with Gasteiger partial charge in [-0.25, -0.2) is 0 Å². The van der Waals surface area contributed by atoms with E-state index in [1.165, 1.54) is 0 Å². The number of carboxylic acid groups (broad SMARTS) is 1. The van der Waals surface area contributed by atoms with Crippen LogP contribution in [0.3, 0.4) is 0 Å². The van der Waals surface area contributed by atoms with E-state index < -0.39 is 15.7 Å². The fraction of sp³-hybridized carbons (Fsp3) is 0.833. The van der Waals surface area contributed by atoms with E-state index in [1.807, 2.05) is 13.8 Å². The molecule has 0 aromatic rings. The molecule has 0 heterocycles. The van der Waals surface area contributed by atoms with E-state index in [9.17, 15) is 4.79 Å². The van der Waals surface area contributed by atoms with Gasteiger partial charge in [0, 0.05) is 6.61 Å². The molecule has 0 aliphatic rings. The minimum absolute atomic E-state index is 0.194. The van der Waals surface area contributed by atoms with Crippen molar-refractivity contribution in [3.63, 3.8) is 0 Å². The standard InChI is InChI=1S/C6H14O3Si/c1-3-5(6(7)8)10-9-4-2/h5H,3-4,10H2,1-2H3,(H,7,8). The summed E-state index contributed by atoms with van der Waals surface area (Å²) < 4.78 is 5.11. The van der Waals surface area contributed by atoms with E-state index in [0.717, 1.165) is 0 Å². The molecular weight excluding hydrogens is 148 g/mol. The molecule has 0 aliphatic carbocycles. The van der Waals surface area contributed by atoms with Gasteiger partial charge in [-0.3, -0.25) is 4.79 Å². The Balaban J connectivity index is 3.50. The molecule has 0 bridgehead atoms. The molecule has 0 saturated heterocycles. The lowest BCUT2D eigenvalue weighted by Crippen LogP contribution is -2.16. The minimum atomic E-state index is -0.822. The zero-order chi connectivity index (χ0) is 7.98. The molecule has 4 heteroatoms. The summed E-state index contributed by atoms with van der Waals surface area (Å²) >= 11 is 0. The van der Waals surface area contributed by atoms with E-state index in [-0.39, 0.29) is 5.54 Å². The van der Waals surface area contributed by atoms with Gasteiger partial charge in [0.15, 0.2) is 9.76 Å². The molecular formula is C6H14O3Si. The van der Waals surface area contributed by atoms with Crippen molar-refractivity contribution >= 4 is 15.7 Å². The highest BCUT2D eigenvalue weighted by molar-refractivity contribution is 6.36. The first-order valence-corrected chi connectivity index (χ1v) is 4.92. The van der Waals surface area contributed by atoms with Gasteiger partial charge in [-0.1, -0.05) is 6.92 Å². The van der Waals surface area contributed by atoms with Crippen molar-refractivity contribution in [1.29, 1.82) is 0 Å². The van der Waals surface area contributed by atoms with E-state index >= 15 is 0 Å². The van der Waals surface area contributed by atoms with Gasteiger partial charge in [-0.05, 0) is 13.3 Å². The molecule has 1 N–H and O–H groups in total.